The van der Waals surface area contributed by atoms with Gasteiger partial charge in [0.05, 0.1) is 6.54 Å². The molecule has 17 heavy (non-hydrogen) atoms. The second-order valence-corrected chi connectivity index (χ2v) is 4.33. The maximum Gasteiger partial charge on any atom is 0.162 e. The third-order valence-electron chi connectivity index (χ3n) is 3.08. The van der Waals surface area contributed by atoms with Crippen molar-refractivity contribution >= 4 is 11.3 Å². The summed E-state index contributed by atoms with van der Waals surface area (Å²) in [6, 6.07) is 3.71. The molecule has 0 radical (unpaired) electrons. The fourth-order valence-corrected chi connectivity index (χ4v) is 2.13. The van der Waals surface area contributed by atoms with Gasteiger partial charge in [0, 0.05) is 44.1 Å². The lowest BCUT2D eigenvalue weighted by molar-refractivity contribution is 0.227. The Labute approximate surface area is 99.4 Å². The molecule has 90 valence electrons. The Kier molecular flexibility index (Phi) is 2.66. The van der Waals surface area contributed by atoms with Crippen molar-refractivity contribution in [2.75, 3.05) is 31.9 Å². The minimum absolute atomic E-state index is 0.721. The quantitative estimate of drug-likeness (QED) is 0.745. The summed E-state index contributed by atoms with van der Waals surface area (Å²) < 4.78 is 2.00. The van der Waals surface area contributed by atoms with Crippen molar-refractivity contribution in [1.82, 2.24) is 24.8 Å². The Bertz CT molecular complexity index is 514. The molecule has 0 aliphatic carbocycles. The molecule has 6 nitrogen and oxygen atoms in total. The van der Waals surface area contributed by atoms with E-state index >= 15 is 0 Å². The van der Waals surface area contributed by atoms with Gasteiger partial charge in [0.2, 0.25) is 0 Å². The van der Waals surface area contributed by atoms with Gasteiger partial charge in [0.1, 0.15) is 0 Å². The smallest absolute Gasteiger partial charge is 0.162 e. The zero-order valence-corrected chi connectivity index (χ0v) is 9.63. The monoisotopic (exact) mass is 232 g/mol. The van der Waals surface area contributed by atoms with Gasteiger partial charge in [-0.3, -0.25) is 9.30 Å². The lowest BCUT2D eigenvalue weighted by Gasteiger charge is -2.26. The first-order chi connectivity index (χ1) is 8.33. The minimum Gasteiger partial charge on any atom is -0.399 e. The van der Waals surface area contributed by atoms with Crippen molar-refractivity contribution in [3.05, 3.63) is 24.2 Å². The predicted octanol–water partition coefficient (Wildman–Crippen LogP) is -0.283. The molecule has 3 rings (SSSR count). The fourth-order valence-electron chi connectivity index (χ4n) is 2.13. The number of aromatic nitrogens is 3. The summed E-state index contributed by atoms with van der Waals surface area (Å²) in [4.78, 5) is 2.38. The van der Waals surface area contributed by atoms with Crippen LogP contribution in [0.15, 0.2) is 18.3 Å². The number of piperazine rings is 1. The van der Waals surface area contributed by atoms with E-state index in [0.29, 0.717) is 0 Å². The molecule has 2 aromatic heterocycles. The van der Waals surface area contributed by atoms with Gasteiger partial charge in [0.15, 0.2) is 11.5 Å². The van der Waals surface area contributed by atoms with E-state index in [-0.39, 0.29) is 0 Å². The van der Waals surface area contributed by atoms with Gasteiger partial charge in [0.25, 0.3) is 0 Å². The van der Waals surface area contributed by atoms with Gasteiger partial charge in [-0.25, -0.2) is 0 Å². The summed E-state index contributed by atoms with van der Waals surface area (Å²) in [5, 5.41) is 11.7. The molecule has 0 amide bonds. The molecule has 2 aromatic rings. The molecule has 6 heteroatoms. The Balaban J connectivity index is 1.84. The number of nitrogens with two attached hydrogens (primary N) is 1. The van der Waals surface area contributed by atoms with Crippen molar-refractivity contribution in [1.29, 1.82) is 0 Å². The summed E-state index contributed by atoms with van der Waals surface area (Å²) in [7, 11) is 0. The highest BCUT2D eigenvalue weighted by Gasteiger charge is 2.13. The molecule has 3 heterocycles. The highest BCUT2D eigenvalue weighted by atomic mass is 15.3. The molecule has 0 atom stereocenters. The molecule has 0 saturated carbocycles. The third-order valence-corrected chi connectivity index (χ3v) is 3.08. The van der Waals surface area contributed by atoms with Crippen LogP contribution in [0.5, 0.6) is 0 Å². The van der Waals surface area contributed by atoms with Crippen LogP contribution in [0.3, 0.4) is 0 Å². The first-order valence-electron chi connectivity index (χ1n) is 5.85. The summed E-state index contributed by atoms with van der Waals surface area (Å²) in [5.74, 6) is 0.974. The van der Waals surface area contributed by atoms with E-state index in [4.69, 9.17) is 5.73 Å². The number of hydrogen-bond donors (Lipinski definition) is 2. The molecule has 0 bridgehead atoms. The highest BCUT2D eigenvalue weighted by Crippen LogP contribution is 2.10. The molecule has 0 unspecified atom stereocenters. The zero-order chi connectivity index (χ0) is 11.7. The van der Waals surface area contributed by atoms with Crippen molar-refractivity contribution in [2.45, 2.75) is 6.54 Å². The van der Waals surface area contributed by atoms with Gasteiger partial charge < -0.3 is 11.1 Å². The van der Waals surface area contributed by atoms with Crippen LogP contribution in [-0.2, 0) is 6.54 Å². The van der Waals surface area contributed by atoms with Crippen LogP contribution >= 0.6 is 0 Å². The second kappa shape index (κ2) is 4.31. The van der Waals surface area contributed by atoms with Gasteiger partial charge in [-0.1, -0.05) is 0 Å². The van der Waals surface area contributed by atoms with Gasteiger partial charge in [-0.15, -0.1) is 10.2 Å². The van der Waals surface area contributed by atoms with Crippen molar-refractivity contribution in [2.24, 2.45) is 0 Å². The number of hydrogen-bond acceptors (Lipinski definition) is 5. The maximum absolute atomic E-state index is 5.72. The first kappa shape index (κ1) is 10.5. The van der Waals surface area contributed by atoms with E-state index in [1.165, 1.54) is 0 Å². The van der Waals surface area contributed by atoms with Crippen LogP contribution in [0, 0.1) is 0 Å². The molecule has 1 saturated heterocycles. The number of nitrogens with zero attached hydrogens (tertiary/aromatic N) is 4. The molecule has 1 aliphatic heterocycles. The van der Waals surface area contributed by atoms with E-state index < -0.39 is 0 Å². The summed E-state index contributed by atoms with van der Waals surface area (Å²) in [5.41, 5.74) is 7.25. The van der Waals surface area contributed by atoms with Crippen molar-refractivity contribution in [3.8, 4) is 0 Å². The second-order valence-electron chi connectivity index (χ2n) is 4.33. The summed E-state index contributed by atoms with van der Waals surface area (Å²) >= 11 is 0. The normalized spacial score (nSPS) is 17.6. The zero-order valence-electron chi connectivity index (χ0n) is 9.63. The fraction of sp³-hybridized carbons (Fsp3) is 0.455. The maximum atomic E-state index is 5.72. The van der Waals surface area contributed by atoms with Crippen LogP contribution in [0.25, 0.3) is 5.65 Å². The van der Waals surface area contributed by atoms with E-state index in [2.05, 4.69) is 20.4 Å². The van der Waals surface area contributed by atoms with Gasteiger partial charge >= 0.3 is 0 Å². The van der Waals surface area contributed by atoms with E-state index in [1.807, 2.05) is 22.7 Å². The largest absolute Gasteiger partial charge is 0.399 e. The number of fused-ring (bicyclic) bond motifs is 1. The van der Waals surface area contributed by atoms with Crippen LogP contribution in [-0.4, -0.2) is 45.7 Å². The molecular formula is C11H16N6. The average Bonchev–Trinajstić information content (AvgIpc) is 2.73. The first-order valence-corrected chi connectivity index (χ1v) is 5.85. The molecule has 1 fully saturated rings. The predicted molar refractivity (Wildman–Crippen MR) is 65.5 cm³/mol. The number of rotatable bonds is 2. The Morgan fingerprint density at radius 2 is 2.12 bits per heavy atom. The number of nitrogen functional groups attached to an aromatic ring is 1. The van der Waals surface area contributed by atoms with E-state index in [1.54, 1.807) is 0 Å². The standard InChI is InChI=1S/C11H16N6/c12-9-1-4-17-10(7-9)14-15-11(17)8-16-5-2-13-3-6-16/h1,4,7,13H,2-3,5-6,8,12H2. The SMILES string of the molecule is Nc1ccn2c(CN3CCNCC3)nnc2c1. The number of nitrogens with one attached hydrogen (secondary N) is 1. The Morgan fingerprint density at radius 1 is 1.29 bits per heavy atom. The van der Waals surface area contributed by atoms with E-state index in [0.717, 1.165) is 49.9 Å². The van der Waals surface area contributed by atoms with Crippen LogP contribution in [0.2, 0.25) is 0 Å². The van der Waals surface area contributed by atoms with Crippen molar-refractivity contribution in [3.63, 3.8) is 0 Å². The Hall–Kier alpha value is -1.66. The van der Waals surface area contributed by atoms with E-state index in [9.17, 15) is 0 Å². The molecule has 0 spiro atoms. The lowest BCUT2D eigenvalue weighted by Crippen LogP contribution is -2.43. The van der Waals surface area contributed by atoms with Gasteiger partial charge in [-0.2, -0.15) is 0 Å². The third kappa shape index (κ3) is 2.09. The Morgan fingerprint density at radius 3 is 2.94 bits per heavy atom. The van der Waals surface area contributed by atoms with Crippen LogP contribution < -0.4 is 11.1 Å². The van der Waals surface area contributed by atoms with Crippen LogP contribution in [0.4, 0.5) is 5.69 Å². The average molecular weight is 232 g/mol. The lowest BCUT2D eigenvalue weighted by atomic mass is 10.3. The molecule has 0 aromatic carbocycles. The van der Waals surface area contributed by atoms with Crippen LogP contribution in [0.1, 0.15) is 5.82 Å². The molecule has 3 N–H and O–H groups in total. The summed E-state index contributed by atoms with van der Waals surface area (Å²) in [6.07, 6.45) is 1.93. The summed E-state index contributed by atoms with van der Waals surface area (Å²) in [6.45, 7) is 5.05. The van der Waals surface area contributed by atoms with Gasteiger partial charge in [-0.05, 0) is 6.07 Å². The molecule has 1 aliphatic rings. The number of anilines is 1. The molecular weight excluding hydrogens is 216 g/mol. The topological polar surface area (TPSA) is 71.5 Å². The minimum atomic E-state index is 0.721. The highest BCUT2D eigenvalue weighted by molar-refractivity contribution is 5.51. The van der Waals surface area contributed by atoms with Crippen molar-refractivity contribution < 1.29 is 0 Å². The number of pyridine rings is 1.